The van der Waals surface area contributed by atoms with Crippen molar-refractivity contribution in [2.45, 2.75) is 105 Å². The Morgan fingerprint density at radius 3 is 1.68 bits per heavy atom. The standard InChI is InChI=1S/C52H56N4/c1-49(2,3)37-16-19-44-36(28-37)29-47(54-44)56-46-21-17-38(50(4,5)6)31-42(46)41-18-20-45(55-48(41)56)35-24-32(23-34(25-35)43-15-13-14-22-53-43)33-26-39(51(7,8)9)30-40(27-33)52(10,11)12/h13-31,54H,1-12H3. The van der Waals surface area contributed by atoms with Gasteiger partial charge in [0.15, 0.2) is 0 Å². The first-order chi connectivity index (χ1) is 26.2. The number of H-pyrrole nitrogens is 1. The molecule has 8 aromatic rings. The molecule has 0 spiro atoms. The molecule has 1 N–H and O–H groups in total. The lowest BCUT2D eigenvalue weighted by Gasteiger charge is -2.26. The number of pyridine rings is 2. The highest BCUT2D eigenvalue weighted by Crippen LogP contribution is 2.40. The van der Waals surface area contributed by atoms with Gasteiger partial charge in [0.1, 0.15) is 11.5 Å². The van der Waals surface area contributed by atoms with Crippen LogP contribution in [-0.2, 0) is 21.7 Å². The van der Waals surface area contributed by atoms with E-state index in [0.717, 1.165) is 56.0 Å². The third-order valence-corrected chi connectivity index (χ3v) is 11.4. The van der Waals surface area contributed by atoms with Gasteiger partial charge in [0.25, 0.3) is 0 Å². The average Bonchev–Trinajstić information content (AvgIpc) is 3.71. The number of rotatable bonds is 4. The van der Waals surface area contributed by atoms with Crippen LogP contribution in [0.15, 0.2) is 115 Å². The Hall–Kier alpha value is -5.48. The minimum Gasteiger partial charge on any atom is -0.341 e. The Labute approximate surface area is 333 Å². The van der Waals surface area contributed by atoms with Gasteiger partial charge in [0, 0.05) is 39.0 Å². The second-order valence-electron chi connectivity index (χ2n) is 19.9. The normalized spacial score (nSPS) is 13.0. The van der Waals surface area contributed by atoms with E-state index in [-0.39, 0.29) is 21.7 Å². The van der Waals surface area contributed by atoms with E-state index in [4.69, 9.17) is 9.97 Å². The molecule has 284 valence electrons. The average molecular weight is 737 g/mol. The van der Waals surface area contributed by atoms with Gasteiger partial charge in [0.2, 0.25) is 0 Å². The van der Waals surface area contributed by atoms with Crippen LogP contribution in [0.1, 0.15) is 105 Å². The fourth-order valence-corrected chi connectivity index (χ4v) is 7.75. The number of fused-ring (bicyclic) bond motifs is 4. The number of nitrogens with one attached hydrogen (secondary N) is 1. The first-order valence-corrected chi connectivity index (χ1v) is 20.1. The first kappa shape index (κ1) is 37.4. The monoisotopic (exact) mass is 736 g/mol. The van der Waals surface area contributed by atoms with Crippen molar-refractivity contribution < 1.29 is 0 Å². The summed E-state index contributed by atoms with van der Waals surface area (Å²) in [7, 11) is 0. The fraction of sp³-hybridized carbons (Fsp3) is 0.308. The maximum Gasteiger partial charge on any atom is 0.147 e. The van der Waals surface area contributed by atoms with E-state index in [9.17, 15) is 0 Å². The zero-order valence-electron chi connectivity index (χ0n) is 35.3. The van der Waals surface area contributed by atoms with Gasteiger partial charge in [-0.1, -0.05) is 119 Å². The van der Waals surface area contributed by atoms with Crippen molar-refractivity contribution in [1.82, 2.24) is 19.5 Å². The van der Waals surface area contributed by atoms with Crippen molar-refractivity contribution in [3.8, 4) is 39.5 Å². The van der Waals surface area contributed by atoms with Crippen molar-refractivity contribution >= 4 is 32.8 Å². The van der Waals surface area contributed by atoms with Gasteiger partial charge < -0.3 is 4.98 Å². The third kappa shape index (κ3) is 6.95. The predicted molar refractivity (Wildman–Crippen MR) is 239 cm³/mol. The maximum atomic E-state index is 5.58. The van der Waals surface area contributed by atoms with Crippen molar-refractivity contribution in [3.63, 3.8) is 0 Å². The lowest BCUT2D eigenvalue weighted by atomic mass is 9.78. The van der Waals surface area contributed by atoms with Crippen LogP contribution in [0.4, 0.5) is 0 Å². The van der Waals surface area contributed by atoms with Crippen LogP contribution in [0.5, 0.6) is 0 Å². The summed E-state index contributed by atoms with van der Waals surface area (Å²) >= 11 is 0. The molecule has 4 heterocycles. The van der Waals surface area contributed by atoms with E-state index in [1.54, 1.807) is 0 Å². The van der Waals surface area contributed by atoms with Crippen LogP contribution in [0.25, 0.3) is 72.3 Å². The van der Waals surface area contributed by atoms with Gasteiger partial charge in [-0.05, 0) is 128 Å². The van der Waals surface area contributed by atoms with Crippen molar-refractivity contribution in [2.24, 2.45) is 0 Å². The largest absolute Gasteiger partial charge is 0.341 e. The molecule has 0 fully saturated rings. The van der Waals surface area contributed by atoms with Crippen LogP contribution in [0.3, 0.4) is 0 Å². The molecular formula is C52H56N4. The van der Waals surface area contributed by atoms with Crippen LogP contribution in [-0.4, -0.2) is 19.5 Å². The number of benzene rings is 4. The van der Waals surface area contributed by atoms with Gasteiger partial charge in [0.05, 0.1) is 16.9 Å². The summed E-state index contributed by atoms with van der Waals surface area (Å²) < 4.78 is 2.32. The van der Waals surface area contributed by atoms with Gasteiger partial charge in [-0.25, -0.2) is 4.98 Å². The minimum atomic E-state index is 0.00122. The molecule has 4 nitrogen and oxygen atoms in total. The van der Waals surface area contributed by atoms with Gasteiger partial charge in [-0.3, -0.25) is 9.55 Å². The molecule has 0 saturated heterocycles. The van der Waals surface area contributed by atoms with E-state index in [1.807, 2.05) is 12.3 Å². The third-order valence-electron chi connectivity index (χ3n) is 11.4. The predicted octanol–water partition coefficient (Wildman–Crippen LogP) is 14.2. The molecule has 0 atom stereocenters. The van der Waals surface area contributed by atoms with E-state index in [0.29, 0.717) is 0 Å². The second kappa shape index (κ2) is 13.0. The summed E-state index contributed by atoms with van der Waals surface area (Å²) in [6.45, 7) is 27.4. The molecule has 4 heteroatoms. The van der Waals surface area contributed by atoms with E-state index in [2.05, 4.69) is 196 Å². The molecule has 56 heavy (non-hydrogen) atoms. The van der Waals surface area contributed by atoms with Gasteiger partial charge >= 0.3 is 0 Å². The zero-order chi connectivity index (χ0) is 39.9. The molecular weight excluding hydrogens is 681 g/mol. The highest BCUT2D eigenvalue weighted by Gasteiger charge is 2.24. The van der Waals surface area contributed by atoms with Crippen molar-refractivity contribution in [2.75, 3.05) is 0 Å². The van der Waals surface area contributed by atoms with Gasteiger partial charge in [-0.15, -0.1) is 0 Å². The van der Waals surface area contributed by atoms with E-state index >= 15 is 0 Å². The summed E-state index contributed by atoms with van der Waals surface area (Å²) in [6, 6.07) is 40.6. The number of aromatic amines is 1. The molecule has 0 aliphatic rings. The van der Waals surface area contributed by atoms with Crippen molar-refractivity contribution in [1.29, 1.82) is 0 Å². The SMILES string of the molecule is CC(C)(C)c1cc(-c2cc(-c3ccccn3)cc(-c3ccc4c5cc(C(C)(C)C)ccc5n(-c5cc6cc(C(C)(C)C)ccc6[nH]5)c4n3)c2)cc(C(C)(C)C)c1. The Bertz CT molecular complexity index is 2730. The van der Waals surface area contributed by atoms with Crippen LogP contribution in [0, 0.1) is 0 Å². The zero-order valence-corrected chi connectivity index (χ0v) is 35.3. The minimum absolute atomic E-state index is 0.00122. The number of hydrogen-bond acceptors (Lipinski definition) is 2. The van der Waals surface area contributed by atoms with Crippen molar-refractivity contribution in [3.05, 3.63) is 138 Å². The molecule has 0 aliphatic heterocycles. The van der Waals surface area contributed by atoms with Crippen LogP contribution < -0.4 is 0 Å². The Balaban J connectivity index is 1.38. The lowest BCUT2D eigenvalue weighted by Crippen LogP contribution is -2.16. The fourth-order valence-electron chi connectivity index (χ4n) is 7.75. The highest BCUT2D eigenvalue weighted by atomic mass is 15.1. The summed E-state index contributed by atoms with van der Waals surface area (Å²) in [4.78, 5) is 14.2. The lowest BCUT2D eigenvalue weighted by molar-refractivity contribution is 0.569. The maximum absolute atomic E-state index is 5.58. The molecule has 0 aliphatic carbocycles. The first-order valence-electron chi connectivity index (χ1n) is 20.1. The summed E-state index contributed by atoms with van der Waals surface area (Å²) in [5.41, 5.74) is 14.9. The topological polar surface area (TPSA) is 46.5 Å². The molecule has 0 unspecified atom stereocenters. The van der Waals surface area contributed by atoms with Gasteiger partial charge in [-0.2, -0.15) is 0 Å². The number of nitrogens with zero attached hydrogens (tertiary/aromatic N) is 3. The molecule has 4 aromatic carbocycles. The molecule has 4 aromatic heterocycles. The van der Waals surface area contributed by atoms with E-state index < -0.39 is 0 Å². The summed E-state index contributed by atoms with van der Waals surface area (Å²) in [5, 5.41) is 3.54. The van der Waals surface area contributed by atoms with Crippen LogP contribution >= 0.6 is 0 Å². The molecule has 8 rings (SSSR count). The Morgan fingerprint density at radius 2 is 1.05 bits per heavy atom. The number of hydrogen-bond donors (Lipinski definition) is 1. The molecule has 0 bridgehead atoms. The van der Waals surface area contributed by atoms with E-state index in [1.165, 1.54) is 38.6 Å². The van der Waals surface area contributed by atoms with Crippen LogP contribution in [0.2, 0.25) is 0 Å². The summed E-state index contributed by atoms with van der Waals surface area (Å²) in [5.74, 6) is 1.01. The Kier molecular flexibility index (Phi) is 8.73. The molecule has 0 radical (unpaired) electrons. The molecule has 0 amide bonds. The Morgan fingerprint density at radius 1 is 0.464 bits per heavy atom. The summed E-state index contributed by atoms with van der Waals surface area (Å²) in [6.07, 6.45) is 1.87. The quantitative estimate of drug-likeness (QED) is 0.196. The second-order valence-corrected chi connectivity index (χ2v) is 19.9. The highest BCUT2D eigenvalue weighted by molar-refractivity contribution is 6.09. The smallest absolute Gasteiger partial charge is 0.147 e. The number of aromatic nitrogens is 4. The molecule has 0 saturated carbocycles.